The molecule has 0 N–H and O–H groups in total. The van der Waals surface area contributed by atoms with E-state index in [1.54, 1.807) is 30.3 Å². The molecule has 2 aliphatic rings. The fourth-order valence-corrected chi connectivity index (χ4v) is 5.55. The Hall–Kier alpha value is -1.69. The van der Waals surface area contributed by atoms with Crippen molar-refractivity contribution in [3.8, 4) is 0 Å². The highest BCUT2D eigenvalue weighted by molar-refractivity contribution is 7.93. The van der Waals surface area contributed by atoms with Crippen LogP contribution in [0.3, 0.4) is 0 Å². The molecular weight excluding hydrogens is 302 g/mol. The Kier molecular flexibility index (Phi) is 4.04. The number of hydrogen-bond donors (Lipinski definition) is 0. The molecule has 1 aromatic rings. The molecule has 0 radical (unpaired) electrons. The first-order valence-corrected chi connectivity index (χ1v) is 9.27. The number of nitrogens with zero attached hydrogens (tertiary/aromatic N) is 1. The molecule has 1 aliphatic heterocycles. The van der Waals surface area contributed by atoms with E-state index >= 15 is 0 Å². The zero-order chi connectivity index (χ0) is 15.7. The van der Waals surface area contributed by atoms with Crippen molar-refractivity contribution in [2.24, 2.45) is 0 Å². The van der Waals surface area contributed by atoms with Gasteiger partial charge in [0.2, 0.25) is 5.91 Å². The Morgan fingerprint density at radius 2 is 1.59 bits per heavy atom. The lowest BCUT2D eigenvalue weighted by molar-refractivity contribution is -0.121. The highest BCUT2D eigenvalue weighted by Gasteiger charge is 2.49. The van der Waals surface area contributed by atoms with Crippen LogP contribution in [0.5, 0.6) is 0 Å². The minimum atomic E-state index is -3.60. The summed E-state index contributed by atoms with van der Waals surface area (Å²) in [5, 5.41) is -1.68. The number of para-hydroxylation sites is 1. The molecule has 118 valence electrons. The lowest BCUT2D eigenvalue weighted by Gasteiger charge is -2.24. The Bertz CT molecular complexity index is 677. The summed E-state index contributed by atoms with van der Waals surface area (Å²) < 4.78 is 25.4. The predicted octanol–water partition coefficient (Wildman–Crippen LogP) is 2.07. The standard InChI is InChI=1S/C16H19NO4S/c18-15-11-14(22(20,21)13-9-5-2-6-10-13)16(19)17(15)12-7-3-1-4-8-12/h1,3-4,7-8,13-14H,2,5-6,9-11H2/t14-/m0/s1. The quantitative estimate of drug-likeness (QED) is 0.799. The third-order valence-electron chi connectivity index (χ3n) is 4.53. The van der Waals surface area contributed by atoms with Gasteiger partial charge in [0.05, 0.1) is 17.4 Å². The Labute approximate surface area is 130 Å². The molecule has 1 atom stereocenters. The summed E-state index contributed by atoms with van der Waals surface area (Å²) in [7, 11) is -3.60. The van der Waals surface area contributed by atoms with Crippen molar-refractivity contribution in [2.45, 2.75) is 49.0 Å². The fourth-order valence-electron chi connectivity index (χ4n) is 3.34. The maximum Gasteiger partial charge on any atom is 0.252 e. The van der Waals surface area contributed by atoms with Gasteiger partial charge in [0.1, 0.15) is 5.25 Å². The number of rotatable bonds is 3. The van der Waals surface area contributed by atoms with E-state index < -0.39 is 32.2 Å². The largest absolute Gasteiger partial charge is 0.274 e. The van der Waals surface area contributed by atoms with E-state index in [-0.39, 0.29) is 6.42 Å². The topological polar surface area (TPSA) is 71.5 Å². The number of benzene rings is 1. The van der Waals surface area contributed by atoms with Gasteiger partial charge in [-0.05, 0) is 25.0 Å². The summed E-state index contributed by atoms with van der Waals surface area (Å²) in [5.41, 5.74) is 0.443. The van der Waals surface area contributed by atoms with Crippen molar-refractivity contribution in [1.29, 1.82) is 0 Å². The Balaban J connectivity index is 1.87. The van der Waals surface area contributed by atoms with Crippen LogP contribution in [0.2, 0.25) is 0 Å². The molecule has 1 heterocycles. The summed E-state index contributed by atoms with van der Waals surface area (Å²) in [4.78, 5) is 25.7. The molecule has 2 amide bonds. The molecule has 5 nitrogen and oxygen atoms in total. The molecule has 0 spiro atoms. The van der Waals surface area contributed by atoms with E-state index in [0.29, 0.717) is 18.5 Å². The maximum atomic E-state index is 12.7. The first kappa shape index (κ1) is 15.2. The van der Waals surface area contributed by atoms with Crippen LogP contribution in [-0.4, -0.2) is 30.7 Å². The van der Waals surface area contributed by atoms with Crippen LogP contribution in [0.4, 0.5) is 5.69 Å². The van der Waals surface area contributed by atoms with Gasteiger partial charge in [0.25, 0.3) is 5.91 Å². The lowest BCUT2D eigenvalue weighted by Crippen LogP contribution is -2.40. The maximum absolute atomic E-state index is 12.7. The average Bonchev–Trinajstić information content (AvgIpc) is 2.84. The second kappa shape index (κ2) is 5.83. The van der Waals surface area contributed by atoms with Crippen LogP contribution in [0.1, 0.15) is 38.5 Å². The Morgan fingerprint density at radius 3 is 2.23 bits per heavy atom. The van der Waals surface area contributed by atoms with E-state index in [0.717, 1.165) is 24.2 Å². The number of carbonyl (C=O) groups excluding carboxylic acids is 2. The molecule has 1 saturated heterocycles. The smallest absolute Gasteiger partial charge is 0.252 e. The lowest BCUT2D eigenvalue weighted by atomic mass is 10.0. The summed E-state index contributed by atoms with van der Waals surface area (Å²) in [6, 6.07) is 8.51. The van der Waals surface area contributed by atoms with Crippen molar-refractivity contribution < 1.29 is 18.0 Å². The molecule has 2 fully saturated rings. The van der Waals surface area contributed by atoms with Gasteiger partial charge >= 0.3 is 0 Å². The Morgan fingerprint density at radius 1 is 0.955 bits per heavy atom. The van der Waals surface area contributed by atoms with Crippen LogP contribution in [0.25, 0.3) is 0 Å². The number of anilines is 1. The summed E-state index contributed by atoms with van der Waals surface area (Å²) >= 11 is 0. The fraction of sp³-hybridized carbons (Fsp3) is 0.500. The molecule has 1 aliphatic carbocycles. The molecule has 1 saturated carbocycles. The first-order valence-electron chi connectivity index (χ1n) is 7.66. The average molecular weight is 321 g/mol. The van der Waals surface area contributed by atoms with Crippen LogP contribution in [0.15, 0.2) is 30.3 Å². The van der Waals surface area contributed by atoms with E-state index in [4.69, 9.17) is 0 Å². The number of imide groups is 1. The van der Waals surface area contributed by atoms with Crippen molar-refractivity contribution in [3.63, 3.8) is 0 Å². The predicted molar refractivity (Wildman–Crippen MR) is 83.1 cm³/mol. The van der Waals surface area contributed by atoms with Crippen LogP contribution in [-0.2, 0) is 19.4 Å². The third kappa shape index (κ3) is 2.56. The highest BCUT2D eigenvalue weighted by atomic mass is 32.2. The summed E-state index contributed by atoms with van der Waals surface area (Å²) in [6.45, 7) is 0. The van der Waals surface area contributed by atoms with Crippen LogP contribution < -0.4 is 4.90 Å². The molecule has 22 heavy (non-hydrogen) atoms. The normalized spacial score (nSPS) is 24.0. The van der Waals surface area contributed by atoms with Crippen molar-refractivity contribution in [3.05, 3.63) is 30.3 Å². The molecule has 0 bridgehead atoms. The SMILES string of the molecule is O=C1C[C@H](S(=O)(=O)C2CCCCC2)C(=O)N1c1ccccc1. The number of amides is 2. The van der Waals surface area contributed by atoms with E-state index in [1.165, 1.54) is 0 Å². The minimum Gasteiger partial charge on any atom is -0.274 e. The molecule has 3 rings (SSSR count). The molecular formula is C16H19NO4S. The van der Waals surface area contributed by atoms with E-state index in [9.17, 15) is 18.0 Å². The van der Waals surface area contributed by atoms with Gasteiger partial charge in [-0.15, -0.1) is 0 Å². The van der Waals surface area contributed by atoms with Crippen molar-refractivity contribution in [1.82, 2.24) is 0 Å². The zero-order valence-electron chi connectivity index (χ0n) is 12.3. The summed E-state index contributed by atoms with van der Waals surface area (Å²) in [5.74, 6) is -1.03. The van der Waals surface area contributed by atoms with Gasteiger partial charge in [0, 0.05) is 0 Å². The minimum absolute atomic E-state index is 0.230. The van der Waals surface area contributed by atoms with Gasteiger partial charge in [-0.1, -0.05) is 37.5 Å². The highest BCUT2D eigenvalue weighted by Crippen LogP contribution is 2.32. The number of sulfone groups is 1. The van der Waals surface area contributed by atoms with Gasteiger partial charge in [-0.2, -0.15) is 0 Å². The molecule has 1 aromatic carbocycles. The zero-order valence-corrected chi connectivity index (χ0v) is 13.1. The third-order valence-corrected chi connectivity index (χ3v) is 7.10. The second-order valence-electron chi connectivity index (χ2n) is 5.94. The van der Waals surface area contributed by atoms with E-state index in [1.807, 2.05) is 0 Å². The van der Waals surface area contributed by atoms with Gasteiger partial charge < -0.3 is 0 Å². The molecule has 0 aromatic heterocycles. The van der Waals surface area contributed by atoms with Crippen LogP contribution >= 0.6 is 0 Å². The van der Waals surface area contributed by atoms with Gasteiger partial charge in [0.15, 0.2) is 9.84 Å². The van der Waals surface area contributed by atoms with E-state index in [2.05, 4.69) is 0 Å². The monoisotopic (exact) mass is 321 g/mol. The summed E-state index contributed by atoms with van der Waals surface area (Å²) in [6.07, 6.45) is 3.77. The first-order chi connectivity index (χ1) is 10.5. The second-order valence-corrected chi connectivity index (χ2v) is 8.36. The van der Waals surface area contributed by atoms with Crippen molar-refractivity contribution in [2.75, 3.05) is 4.90 Å². The van der Waals surface area contributed by atoms with Crippen molar-refractivity contribution >= 4 is 27.3 Å². The van der Waals surface area contributed by atoms with Crippen LogP contribution in [0, 0.1) is 0 Å². The molecule has 6 heteroatoms. The number of hydrogen-bond acceptors (Lipinski definition) is 4. The van der Waals surface area contributed by atoms with Gasteiger partial charge in [-0.3, -0.25) is 9.59 Å². The number of carbonyl (C=O) groups is 2. The van der Waals surface area contributed by atoms with Gasteiger partial charge in [-0.25, -0.2) is 13.3 Å². The molecule has 0 unspecified atom stereocenters.